The molecule has 130 valence electrons. The van der Waals surface area contributed by atoms with Gasteiger partial charge in [-0.15, -0.1) is 0 Å². The van der Waals surface area contributed by atoms with Gasteiger partial charge < -0.3 is 9.84 Å². The van der Waals surface area contributed by atoms with Gasteiger partial charge in [-0.2, -0.15) is 0 Å². The fourth-order valence-electron chi connectivity index (χ4n) is 4.95. The molecular weight excluding hydrogens is 290 g/mol. The topological polar surface area (TPSA) is 58.9 Å². The van der Waals surface area contributed by atoms with Gasteiger partial charge in [0.2, 0.25) is 0 Å². The van der Waals surface area contributed by atoms with E-state index in [4.69, 9.17) is 9.73 Å². The first-order chi connectivity index (χ1) is 10.8. The summed E-state index contributed by atoms with van der Waals surface area (Å²) in [5.74, 6) is 0.0618. The average Bonchev–Trinajstić information content (AvgIpc) is 2.82. The maximum Gasteiger partial charge on any atom is 0.334 e. The Balaban J connectivity index is 1.75. The highest BCUT2D eigenvalue weighted by molar-refractivity contribution is 6.01. The van der Waals surface area contributed by atoms with E-state index in [-0.39, 0.29) is 22.9 Å². The molecule has 2 bridgehead atoms. The third-order valence-electron chi connectivity index (χ3n) is 6.98. The third-order valence-corrected chi connectivity index (χ3v) is 6.98. The van der Waals surface area contributed by atoms with Gasteiger partial charge in [-0.05, 0) is 24.7 Å². The molecule has 0 saturated heterocycles. The molecule has 1 aliphatic heterocycles. The van der Waals surface area contributed by atoms with Gasteiger partial charge >= 0.3 is 5.97 Å². The molecule has 0 aromatic rings. The molecule has 2 fully saturated rings. The van der Waals surface area contributed by atoms with Crippen LogP contribution in [0.5, 0.6) is 0 Å². The van der Waals surface area contributed by atoms with Crippen LogP contribution in [0.2, 0.25) is 0 Å². The largest absolute Gasteiger partial charge is 0.454 e. The standard InChI is InChI=1S/C19H31NO3/c1-5-6-7-8-9-13(21)15-17(22)23-16-14(20-15)12-10-11-19(16,4)18(12,2)3/h12-13,15-16,21H,5-11H2,1-4H3/t12-,13-,15-,16?,19+/m1/s1. The minimum absolute atomic E-state index is 0.0107. The molecule has 2 saturated carbocycles. The first-order valence-corrected chi connectivity index (χ1v) is 9.29. The van der Waals surface area contributed by atoms with Gasteiger partial charge in [0.15, 0.2) is 6.04 Å². The summed E-state index contributed by atoms with van der Waals surface area (Å²) in [5, 5.41) is 10.4. The van der Waals surface area contributed by atoms with E-state index in [1.54, 1.807) is 0 Å². The molecule has 5 atom stereocenters. The zero-order valence-electron chi connectivity index (χ0n) is 15.0. The van der Waals surface area contributed by atoms with Gasteiger partial charge in [-0.3, -0.25) is 4.99 Å². The Morgan fingerprint density at radius 2 is 2.04 bits per heavy atom. The maximum absolute atomic E-state index is 12.4. The van der Waals surface area contributed by atoms with E-state index in [0.717, 1.165) is 31.4 Å². The summed E-state index contributed by atoms with van der Waals surface area (Å²) in [7, 11) is 0. The smallest absolute Gasteiger partial charge is 0.334 e. The van der Waals surface area contributed by atoms with E-state index in [1.165, 1.54) is 12.8 Å². The molecule has 0 aromatic carbocycles. The van der Waals surface area contributed by atoms with Crippen molar-refractivity contribution in [2.24, 2.45) is 21.7 Å². The predicted octanol–water partition coefficient (Wildman–Crippen LogP) is 3.51. The zero-order chi connectivity index (χ0) is 16.8. The Morgan fingerprint density at radius 1 is 1.30 bits per heavy atom. The summed E-state index contributed by atoms with van der Waals surface area (Å²) in [5.41, 5.74) is 1.14. The number of aliphatic imine (C=N–C) groups is 1. The van der Waals surface area contributed by atoms with Gasteiger partial charge in [-0.25, -0.2) is 4.79 Å². The van der Waals surface area contributed by atoms with Crippen LogP contribution >= 0.6 is 0 Å². The molecule has 3 aliphatic rings. The number of carbonyl (C=O) groups excluding carboxylic acids is 1. The highest BCUT2D eigenvalue weighted by atomic mass is 16.6. The van der Waals surface area contributed by atoms with Crippen LogP contribution in [0.25, 0.3) is 0 Å². The number of nitrogens with zero attached hydrogens (tertiary/aromatic N) is 1. The number of fused-ring (bicyclic) bond motifs is 5. The Hall–Kier alpha value is -0.900. The quantitative estimate of drug-likeness (QED) is 0.601. The average molecular weight is 321 g/mol. The summed E-state index contributed by atoms with van der Waals surface area (Å²) in [6.07, 6.45) is 6.35. The molecule has 23 heavy (non-hydrogen) atoms. The van der Waals surface area contributed by atoms with E-state index >= 15 is 0 Å². The number of unbranched alkanes of at least 4 members (excludes halogenated alkanes) is 3. The summed E-state index contributed by atoms with van der Waals surface area (Å²) in [6.45, 7) is 8.94. The Labute approximate surface area is 139 Å². The van der Waals surface area contributed by atoms with Crippen molar-refractivity contribution in [1.29, 1.82) is 0 Å². The number of carbonyl (C=O) groups is 1. The lowest BCUT2D eigenvalue weighted by atomic mass is 9.70. The van der Waals surface area contributed by atoms with E-state index in [2.05, 4.69) is 27.7 Å². The highest BCUT2D eigenvalue weighted by Gasteiger charge is 2.67. The molecule has 0 aromatic heterocycles. The molecule has 4 heteroatoms. The van der Waals surface area contributed by atoms with Crippen molar-refractivity contribution in [3.63, 3.8) is 0 Å². The molecule has 2 aliphatic carbocycles. The Kier molecular flexibility index (Phi) is 4.33. The Morgan fingerprint density at radius 3 is 2.74 bits per heavy atom. The van der Waals surface area contributed by atoms with Crippen LogP contribution in [0.3, 0.4) is 0 Å². The minimum atomic E-state index is -0.707. The maximum atomic E-state index is 12.4. The third kappa shape index (κ3) is 2.45. The van der Waals surface area contributed by atoms with Crippen LogP contribution < -0.4 is 0 Å². The SMILES string of the molecule is CCCCCC[C@@H](O)[C@H]1N=C2C(OC1=O)[C@]1(C)CC[C@H]2C1(C)C. The number of hydrogen-bond donors (Lipinski definition) is 1. The van der Waals surface area contributed by atoms with Gasteiger partial charge in [0.05, 0.1) is 11.8 Å². The van der Waals surface area contributed by atoms with Crippen LogP contribution in [0.15, 0.2) is 4.99 Å². The monoisotopic (exact) mass is 321 g/mol. The molecule has 0 radical (unpaired) electrons. The van der Waals surface area contributed by atoms with Gasteiger partial charge in [0.25, 0.3) is 0 Å². The molecule has 0 spiro atoms. The normalized spacial score (nSPS) is 38.9. The number of hydrogen-bond acceptors (Lipinski definition) is 4. The van der Waals surface area contributed by atoms with Gasteiger partial charge in [0.1, 0.15) is 6.10 Å². The fourth-order valence-corrected chi connectivity index (χ4v) is 4.95. The number of aliphatic hydroxyl groups is 1. The second-order valence-corrected chi connectivity index (χ2v) is 8.46. The number of rotatable bonds is 6. The van der Waals surface area contributed by atoms with Crippen LogP contribution in [-0.2, 0) is 9.53 Å². The molecule has 4 nitrogen and oxygen atoms in total. The lowest BCUT2D eigenvalue weighted by Crippen LogP contribution is -2.49. The minimum Gasteiger partial charge on any atom is -0.454 e. The van der Waals surface area contributed by atoms with Crippen molar-refractivity contribution in [3.8, 4) is 0 Å². The van der Waals surface area contributed by atoms with Crippen molar-refractivity contribution in [3.05, 3.63) is 0 Å². The summed E-state index contributed by atoms with van der Waals surface area (Å²) >= 11 is 0. The number of aliphatic hydroxyl groups excluding tert-OH is 1. The van der Waals surface area contributed by atoms with Crippen molar-refractivity contribution in [2.45, 2.75) is 90.9 Å². The summed E-state index contributed by atoms with van der Waals surface area (Å²) in [6, 6.07) is -0.707. The van der Waals surface area contributed by atoms with E-state index in [9.17, 15) is 9.90 Å². The van der Waals surface area contributed by atoms with Gasteiger partial charge in [0, 0.05) is 11.3 Å². The summed E-state index contributed by atoms with van der Waals surface area (Å²) in [4.78, 5) is 17.1. The second kappa shape index (κ2) is 5.87. The Bertz CT molecular complexity index is 513. The highest BCUT2D eigenvalue weighted by Crippen LogP contribution is 2.65. The number of esters is 1. The van der Waals surface area contributed by atoms with Crippen molar-refractivity contribution in [1.82, 2.24) is 0 Å². The van der Waals surface area contributed by atoms with Crippen molar-refractivity contribution < 1.29 is 14.6 Å². The first-order valence-electron chi connectivity index (χ1n) is 9.29. The lowest BCUT2D eigenvalue weighted by Gasteiger charge is -2.39. The van der Waals surface area contributed by atoms with Crippen LogP contribution in [0.1, 0.15) is 72.6 Å². The summed E-state index contributed by atoms with van der Waals surface area (Å²) < 4.78 is 5.81. The molecule has 1 N–H and O–H groups in total. The van der Waals surface area contributed by atoms with Crippen LogP contribution in [0.4, 0.5) is 0 Å². The van der Waals surface area contributed by atoms with Crippen LogP contribution in [-0.4, -0.2) is 35.0 Å². The molecule has 1 heterocycles. The molecule has 1 unspecified atom stereocenters. The van der Waals surface area contributed by atoms with Crippen molar-refractivity contribution in [2.75, 3.05) is 0 Å². The zero-order valence-corrected chi connectivity index (χ0v) is 15.0. The van der Waals surface area contributed by atoms with Gasteiger partial charge in [-0.1, -0.05) is 53.4 Å². The first kappa shape index (κ1) is 16.9. The molecular formula is C19H31NO3. The van der Waals surface area contributed by atoms with E-state index in [1.807, 2.05) is 0 Å². The number of ether oxygens (including phenoxy) is 1. The predicted molar refractivity (Wildman–Crippen MR) is 90.5 cm³/mol. The molecule has 3 rings (SSSR count). The fraction of sp³-hybridized carbons (Fsp3) is 0.895. The molecule has 0 amide bonds. The van der Waals surface area contributed by atoms with E-state index in [0.29, 0.717) is 12.3 Å². The lowest BCUT2D eigenvalue weighted by molar-refractivity contribution is -0.158. The second-order valence-electron chi connectivity index (χ2n) is 8.46. The van der Waals surface area contributed by atoms with Crippen LogP contribution in [0, 0.1) is 16.7 Å². The van der Waals surface area contributed by atoms with Crippen molar-refractivity contribution >= 4 is 11.7 Å². The van der Waals surface area contributed by atoms with E-state index < -0.39 is 12.1 Å².